The van der Waals surface area contributed by atoms with Crippen LogP contribution >= 0.6 is 0 Å². The summed E-state index contributed by atoms with van der Waals surface area (Å²) in [6.45, 7) is 1.59. The van der Waals surface area contributed by atoms with E-state index >= 15 is 0 Å². The fourth-order valence-electron chi connectivity index (χ4n) is 3.17. The van der Waals surface area contributed by atoms with Gasteiger partial charge in [-0.05, 0) is 43.2 Å². The van der Waals surface area contributed by atoms with Crippen molar-refractivity contribution in [3.05, 3.63) is 53.7 Å². The first-order valence-electron chi connectivity index (χ1n) is 8.11. The summed E-state index contributed by atoms with van der Waals surface area (Å²) >= 11 is 0. The van der Waals surface area contributed by atoms with Crippen molar-refractivity contribution in [2.75, 3.05) is 6.54 Å². The summed E-state index contributed by atoms with van der Waals surface area (Å²) in [6.07, 6.45) is 5.77. The van der Waals surface area contributed by atoms with Crippen LogP contribution in [0.25, 0.3) is 11.0 Å². The van der Waals surface area contributed by atoms with Gasteiger partial charge in [-0.3, -0.25) is 4.79 Å². The number of benzene rings is 1. The molecule has 0 saturated carbocycles. The van der Waals surface area contributed by atoms with Gasteiger partial charge in [0.1, 0.15) is 11.6 Å². The Bertz CT molecular complexity index is 833. The van der Waals surface area contributed by atoms with Gasteiger partial charge in [0.2, 0.25) is 0 Å². The fourth-order valence-corrected chi connectivity index (χ4v) is 3.17. The van der Waals surface area contributed by atoms with Gasteiger partial charge in [0, 0.05) is 31.5 Å². The largest absolute Gasteiger partial charge is 0.469 e. The Morgan fingerprint density at radius 3 is 3.13 bits per heavy atom. The Kier molecular flexibility index (Phi) is 3.61. The molecule has 0 saturated heterocycles. The van der Waals surface area contributed by atoms with Crippen LogP contribution in [-0.2, 0) is 19.4 Å². The molecular formula is C18H19N3O2. The van der Waals surface area contributed by atoms with Gasteiger partial charge in [0.05, 0.1) is 17.3 Å². The number of rotatable bonds is 4. The van der Waals surface area contributed by atoms with Crippen LogP contribution in [0, 0.1) is 0 Å². The molecule has 0 radical (unpaired) electrons. The maximum atomic E-state index is 12.3. The molecule has 3 aromatic rings. The molecule has 2 aromatic heterocycles. The van der Waals surface area contributed by atoms with Crippen LogP contribution in [0.4, 0.5) is 0 Å². The zero-order chi connectivity index (χ0) is 15.6. The van der Waals surface area contributed by atoms with Gasteiger partial charge in [-0.25, -0.2) is 4.98 Å². The molecule has 1 amide bonds. The molecular weight excluding hydrogens is 290 g/mol. The summed E-state index contributed by atoms with van der Waals surface area (Å²) in [4.78, 5) is 17.0. The molecule has 3 heterocycles. The maximum Gasteiger partial charge on any atom is 0.251 e. The first-order valence-corrected chi connectivity index (χ1v) is 8.11. The highest BCUT2D eigenvalue weighted by atomic mass is 16.3. The van der Waals surface area contributed by atoms with Crippen molar-refractivity contribution < 1.29 is 9.21 Å². The molecule has 5 nitrogen and oxygen atoms in total. The molecule has 0 unspecified atom stereocenters. The van der Waals surface area contributed by atoms with Gasteiger partial charge in [-0.1, -0.05) is 0 Å². The highest BCUT2D eigenvalue weighted by molar-refractivity contribution is 5.97. The van der Waals surface area contributed by atoms with Crippen molar-refractivity contribution in [2.45, 2.75) is 32.2 Å². The summed E-state index contributed by atoms with van der Waals surface area (Å²) in [5.74, 6) is 1.95. The van der Waals surface area contributed by atoms with Crippen LogP contribution < -0.4 is 5.32 Å². The van der Waals surface area contributed by atoms with Gasteiger partial charge in [0.15, 0.2) is 0 Å². The van der Waals surface area contributed by atoms with E-state index in [9.17, 15) is 4.79 Å². The number of hydrogen-bond donors (Lipinski definition) is 1. The Labute approximate surface area is 134 Å². The lowest BCUT2D eigenvalue weighted by Crippen LogP contribution is -2.25. The van der Waals surface area contributed by atoms with Crippen LogP contribution in [0.3, 0.4) is 0 Å². The normalized spacial score (nSPS) is 13.9. The van der Waals surface area contributed by atoms with Crippen molar-refractivity contribution in [3.63, 3.8) is 0 Å². The second kappa shape index (κ2) is 5.91. The lowest BCUT2D eigenvalue weighted by molar-refractivity contribution is 0.0954. The number of imidazole rings is 1. The Morgan fingerprint density at radius 1 is 1.30 bits per heavy atom. The van der Waals surface area contributed by atoms with E-state index in [2.05, 4.69) is 14.9 Å². The van der Waals surface area contributed by atoms with Crippen molar-refractivity contribution in [2.24, 2.45) is 0 Å². The number of nitrogens with zero attached hydrogens (tertiary/aromatic N) is 2. The van der Waals surface area contributed by atoms with E-state index in [0.29, 0.717) is 18.5 Å². The summed E-state index contributed by atoms with van der Waals surface area (Å²) in [7, 11) is 0. The monoisotopic (exact) mass is 309 g/mol. The van der Waals surface area contributed by atoms with Gasteiger partial charge in [-0.15, -0.1) is 0 Å². The summed E-state index contributed by atoms with van der Waals surface area (Å²) in [5.41, 5.74) is 2.71. The average Bonchev–Trinajstić information content (AvgIpc) is 3.21. The standard InChI is InChI=1S/C18H19N3O2/c22-18(19-9-8-14-4-3-11-23-14)13-6-7-16-15(12-13)20-17-5-1-2-10-21(16)17/h3-4,6-7,11-12H,1-2,5,8-10H2,(H,19,22). The molecule has 0 bridgehead atoms. The van der Waals surface area contributed by atoms with E-state index < -0.39 is 0 Å². The second-order valence-corrected chi connectivity index (χ2v) is 5.93. The summed E-state index contributed by atoms with van der Waals surface area (Å²) in [6, 6.07) is 9.55. The van der Waals surface area contributed by atoms with Crippen LogP contribution in [-0.4, -0.2) is 22.0 Å². The molecule has 0 fully saturated rings. The molecule has 1 aliphatic heterocycles. The molecule has 0 aliphatic carbocycles. The smallest absolute Gasteiger partial charge is 0.251 e. The minimum atomic E-state index is -0.0653. The van der Waals surface area contributed by atoms with Crippen molar-refractivity contribution in [1.29, 1.82) is 0 Å². The lowest BCUT2D eigenvalue weighted by Gasteiger charge is -2.13. The Morgan fingerprint density at radius 2 is 2.26 bits per heavy atom. The fraction of sp³-hybridized carbons (Fsp3) is 0.333. The topological polar surface area (TPSA) is 60.1 Å². The van der Waals surface area contributed by atoms with E-state index in [1.54, 1.807) is 6.26 Å². The Hall–Kier alpha value is -2.56. The highest BCUT2D eigenvalue weighted by Crippen LogP contribution is 2.23. The third kappa shape index (κ3) is 2.74. The number of aromatic nitrogens is 2. The van der Waals surface area contributed by atoms with Gasteiger partial charge < -0.3 is 14.3 Å². The zero-order valence-corrected chi connectivity index (χ0v) is 12.9. The molecule has 23 heavy (non-hydrogen) atoms. The number of furan rings is 1. The lowest BCUT2D eigenvalue weighted by atomic mass is 10.1. The van der Waals surface area contributed by atoms with Crippen molar-refractivity contribution in [3.8, 4) is 0 Å². The SMILES string of the molecule is O=C(NCCc1ccco1)c1ccc2c(c1)nc1n2CCCC1. The van der Waals surface area contributed by atoms with Crippen LogP contribution in [0.15, 0.2) is 41.0 Å². The predicted molar refractivity (Wildman–Crippen MR) is 87.4 cm³/mol. The molecule has 0 atom stereocenters. The zero-order valence-electron chi connectivity index (χ0n) is 12.9. The first-order chi connectivity index (χ1) is 11.3. The van der Waals surface area contributed by atoms with E-state index in [0.717, 1.165) is 35.6 Å². The van der Waals surface area contributed by atoms with Crippen LogP contribution in [0.2, 0.25) is 0 Å². The number of fused-ring (bicyclic) bond motifs is 3. The number of nitrogens with one attached hydrogen (secondary N) is 1. The summed E-state index contributed by atoms with van der Waals surface area (Å²) in [5, 5.41) is 2.93. The number of hydrogen-bond acceptors (Lipinski definition) is 3. The molecule has 5 heteroatoms. The quantitative estimate of drug-likeness (QED) is 0.806. The van der Waals surface area contributed by atoms with Crippen molar-refractivity contribution >= 4 is 16.9 Å². The molecule has 1 aliphatic rings. The Balaban J connectivity index is 1.48. The first kappa shape index (κ1) is 14.1. The van der Waals surface area contributed by atoms with Gasteiger partial charge in [-0.2, -0.15) is 0 Å². The molecule has 0 spiro atoms. The number of carbonyl (C=O) groups is 1. The van der Waals surface area contributed by atoms with E-state index in [4.69, 9.17) is 4.42 Å². The number of aryl methyl sites for hydroxylation is 2. The van der Waals surface area contributed by atoms with Crippen molar-refractivity contribution in [1.82, 2.24) is 14.9 Å². The van der Waals surface area contributed by atoms with Gasteiger partial charge >= 0.3 is 0 Å². The van der Waals surface area contributed by atoms with Crippen LogP contribution in [0.1, 0.15) is 34.8 Å². The van der Waals surface area contributed by atoms with Gasteiger partial charge in [0.25, 0.3) is 5.91 Å². The van der Waals surface area contributed by atoms with E-state index in [1.807, 2.05) is 30.3 Å². The summed E-state index contributed by atoms with van der Waals surface area (Å²) < 4.78 is 7.54. The molecule has 1 N–H and O–H groups in total. The van der Waals surface area contributed by atoms with Crippen LogP contribution in [0.5, 0.6) is 0 Å². The minimum Gasteiger partial charge on any atom is -0.469 e. The molecule has 118 valence electrons. The highest BCUT2D eigenvalue weighted by Gasteiger charge is 2.16. The molecule has 1 aromatic carbocycles. The van der Waals surface area contributed by atoms with E-state index in [-0.39, 0.29) is 5.91 Å². The predicted octanol–water partition coefficient (Wildman–Crippen LogP) is 2.94. The maximum absolute atomic E-state index is 12.3. The average molecular weight is 309 g/mol. The number of amides is 1. The second-order valence-electron chi connectivity index (χ2n) is 5.93. The molecule has 4 rings (SSSR count). The minimum absolute atomic E-state index is 0.0653. The third-order valence-corrected chi connectivity index (χ3v) is 4.36. The third-order valence-electron chi connectivity index (χ3n) is 4.36. The van der Waals surface area contributed by atoms with E-state index in [1.165, 1.54) is 12.8 Å². The number of carbonyl (C=O) groups excluding carboxylic acids is 1.